The van der Waals surface area contributed by atoms with Crippen molar-refractivity contribution in [3.05, 3.63) is 11.9 Å². The number of rotatable bonds is 7. The van der Waals surface area contributed by atoms with Crippen molar-refractivity contribution >= 4 is 5.95 Å². The van der Waals surface area contributed by atoms with Gasteiger partial charge in [0.2, 0.25) is 5.95 Å². The molecule has 0 bridgehead atoms. The van der Waals surface area contributed by atoms with Crippen LogP contribution in [-0.4, -0.2) is 41.9 Å². The first-order valence-corrected chi connectivity index (χ1v) is 7.84. The third-order valence-electron chi connectivity index (χ3n) is 3.92. The molecule has 2 heterocycles. The van der Waals surface area contributed by atoms with E-state index in [1.807, 2.05) is 6.92 Å². The van der Waals surface area contributed by atoms with E-state index >= 15 is 0 Å². The van der Waals surface area contributed by atoms with E-state index in [1.54, 1.807) is 0 Å². The molecule has 0 saturated carbocycles. The van der Waals surface area contributed by atoms with Crippen LogP contribution >= 0.6 is 0 Å². The van der Waals surface area contributed by atoms with Gasteiger partial charge in [-0.05, 0) is 39.5 Å². The highest BCUT2D eigenvalue weighted by atomic mass is 16.5. The van der Waals surface area contributed by atoms with Gasteiger partial charge in [0.1, 0.15) is 0 Å². The zero-order chi connectivity index (χ0) is 14.4. The molecular formula is C15H28N4O. The Morgan fingerprint density at radius 1 is 1.45 bits per heavy atom. The molecule has 1 aromatic rings. The first-order chi connectivity index (χ1) is 9.76. The molecule has 114 valence electrons. The lowest BCUT2D eigenvalue weighted by Crippen LogP contribution is -2.45. The van der Waals surface area contributed by atoms with Crippen molar-refractivity contribution in [2.24, 2.45) is 5.73 Å². The molecule has 1 fully saturated rings. The minimum absolute atomic E-state index is 0.441. The molecule has 0 aromatic carbocycles. The molecule has 1 aliphatic heterocycles. The highest BCUT2D eigenvalue weighted by Gasteiger charge is 2.24. The summed E-state index contributed by atoms with van der Waals surface area (Å²) in [4.78, 5) is 7.12. The monoisotopic (exact) mass is 280 g/mol. The summed E-state index contributed by atoms with van der Waals surface area (Å²) in [6.07, 6.45) is 6.87. The fourth-order valence-corrected chi connectivity index (χ4v) is 2.92. The molecule has 1 saturated heterocycles. The molecule has 5 heteroatoms. The Hall–Kier alpha value is -1.07. The average molecular weight is 280 g/mol. The van der Waals surface area contributed by atoms with Crippen LogP contribution in [0, 0.1) is 6.92 Å². The number of nitrogens with two attached hydrogens (primary N) is 1. The van der Waals surface area contributed by atoms with E-state index < -0.39 is 0 Å². The van der Waals surface area contributed by atoms with Crippen LogP contribution in [0.1, 0.15) is 38.3 Å². The Labute approximate surface area is 122 Å². The lowest BCUT2D eigenvalue weighted by atomic mass is 10.0. The Balaban J connectivity index is 2.05. The van der Waals surface area contributed by atoms with Crippen molar-refractivity contribution in [1.29, 1.82) is 0 Å². The van der Waals surface area contributed by atoms with Crippen molar-refractivity contribution in [2.75, 3.05) is 31.2 Å². The summed E-state index contributed by atoms with van der Waals surface area (Å²) in [7, 11) is 0. The molecule has 1 atom stereocenters. The van der Waals surface area contributed by atoms with Crippen molar-refractivity contribution in [3.8, 4) is 0 Å². The number of imidazole rings is 1. The van der Waals surface area contributed by atoms with Crippen LogP contribution < -0.4 is 10.6 Å². The van der Waals surface area contributed by atoms with E-state index in [1.165, 1.54) is 19.3 Å². The third-order valence-corrected chi connectivity index (χ3v) is 3.92. The smallest absolute Gasteiger partial charge is 0.206 e. The third kappa shape index (κ3) is 3.73. The van der Waals surface area contributed by atoms with Gasteiger partial charge in [-0.15, -0.1) is 0 Å². The molecular weight excluding hydrogens is 252 g/mol. The fourth-order valence-electron chi connectivity index (χ4n) is 2.92. The van der Waals surface area contributed by atoms with Gasteiger partial charge in [0.05, 0.1) is 5.69 Å². The van der Waals surface area contributed by atoms with Crippen LogP contribution in [0.2, 0.25) is 0 Å². The minimum Gasteiger partial charge on any atom is -0.382 e. The van der Waals surface area contributed by atoms with Gasteiger partial charge >= 0.3 is 0 Å². The van der Waals surface area contributed by atoms with Gasteiger partial charge in [0.25, 0.3) is 0 Å². The van der Waals surface area contributed by atoms with Gasteiger partial charge in [0.15, 0.2) is 0 Å². The van der Waals surface area contributed by atoms with Gasteiger partial charge in [-0.2, -0.15) is 0 Å². The van der Waals surface area contributed by atoms with Gasteiger partial charge < -0.3 is 19.9 Å². The molecule has 0 amide bonds. The first kappa shape index (κ1) is 15.3. The number of hydrogen-bond donors (Lipinski definition) is 1. The van der Waals surface area contributed by atoms with E-state index in [0.717, 1.165) is 44.4 Å². The molecule has 1 aromatic heterocycles. The standard InChI is InChI=1S/C15H28N4O/c1-3-20-10-6-8-18-12-13(2)17-15(18)19-9-5-4-7-14(19)11-16/h12,14H,3-11,16H2,1-2H3. The highest BCUT2D eigenvalue weighted by molar-refractivity contribution is 5.36. The maximum Gasteiger partial charge on any atom is 0.206 e. The number of ether oxygens (including phenoxy) is 1. The summed E-state index contributed by atoms with van der Waals surface area (Å²) < 4.78 is 7.69. The zero-order valence-corrected chi connectivity index (χ0v) is 12.8. The van der Waals surface area contributed by atoms with Crippen molar-refractivity contribution in [3.63, 3.8) is 0 Å². The summed E-state index contributed by atoms with van der Waals surface area (Å²) in [5.41, 5.74) is 7.01. The second kappa shape index (κ2) is 7.64. The normalized spacial score (nSPS) is 19.6. The molecule has 20 heavy (non-hydrogen) atoms. The maximum absolute atomic E-state index is 5.93. The van der Waals surface area contributed by atoms with E-state index in [0.29, 0.717) is 12.6 Å². The summed E-state index contributed by atoms with van der Waals surface area (Å²) in [6.45, 7) is 8.44. The second-order valence-corrected chi connectivity index (χ2v) is 5.50. The predicted molar refractivity (Wildman–Crippen MR) is 82.1 cm³/mol. The van der Waals surface area contributed by atoms with Gasteiger partial charge in [0, 0.05) is 45.1 Å². The van der Waals surface area contributed by atoms with Crippen molar-refractivity contribution in [2.45, 2.75) is 52.1 Å². The quantitative estimate of drug-likeness (QED) is 0.776. The van der Waals surface area contributed by atoms with Crippen LogP contribution in [0.25, 0.3) is 0 Å². The number of anilines is 1. The Bertz CT molecular complexity index is 405. The predicted octanol–water partition coefficient (Wildman–Crippen LogP) is 1.94. The topological polar surface area (TPSA) is 56.3 Å². The number of hydrogen-bond acceptors (Lipinski definition) is 4. The lowest BCUT2D eigenvalue weighted by Gasteiger charge is -2.36. The Morgan fingerprint density at radius 2 is 2.30 bits per heavy atom. The average Bonchev–Trinajstić information content (AvgIpc) is 2.84. The molecule has 0 spiro atoms. The largest absolute Gasteiger partial charge is 0.382 e. The maximum atomic E-state index is 5.93. The Kier molecular flexibility index (Phi) is 5.86. The number of aromatic nitrogens is 2. The number of piperidine rings is 1. The molecule has 0 radical (unpaired) electrons. The van der Waals surface area contributed by atoms with Gasteiger partial charge in [-0.3, -0.25) is 0 Å². The Morgan fingerprint density at radius 3 is 3.05 bits per heavy atom. The number of aryl methyl sites for hydroxylation is 2. The van der Waals surface area contributed by atoms with Gasteiger partial charge in [-0.25, -0.2) is 4.98 Å². The lowest BCUT2D eigenvalue weighted by molar-refractivity contribution is 0.141. The van der Waals surface area contributed by atoms with E-state index in [9.17, 15) is 0 Å². The molecule has 1 unspecified atom stereocenters. The van der Waals surface area contributed by atoms with Crippen LogP contribution in [-0.2, 0) is 11.3 Å². The van der Waals surface area contributed by atoms with E-state index in [4.69, 9.17) is 15.5 Å². The molecule has 2 rings (SSSR count). The van der Waals surface area contributed by atoms with E-state index in [-0.39, 0.29) is 0 Å². The molecule has 5 nitrogen and oxygen atoms in total. The van der Waals surface area contributed by atoms with E-state index in [2.05, 4.69) is 22.6 Å². The van der Waals surface area contributed by atoms with Crippen LogP contribution in [0.15, 0.2) is 6.20 Å². The molecule has 2 N–H and O–H groups in total. The highest BCUT2D eigenvalue weighted by Crippen LogP contribution is 2.24. The van der Waals surface area contributed by atoms with Gasteiger partial charge in [-0.1, -0.05) is 0 Å². The van der Waals surface area contributed by atoms with Crippen LogP contribution in [0.5, 0.6) is 0 Å². The van der Waals surface area contributed by atoms with Crippen LogP contribution in [0.4, 0.5) is 5.95 Å². The molecule has 0 aliphatic carbocycles. The summed E-state index contributed by atoms with van der Waals surface area (Å²) in [6, 6.07) is 0.441. The van der Waals surface area contributed by atoms with Crippen molar-refractivity contribution < 1.29 is 4.74 Å². The summed E-state index contributed by atoms with van der Waals surface area (Å²) in [5.74, 6) is 1.09. The van der Waals surface area contributed by atoms with Crippen molar-refractivity contribution in [1.82, 2.24) is 9.55 Å². The summed E-state index contributed by atoms with van der Waals surface area (Å²) >= 11 is 0. The first-order valence-electron chi connectivity index (χ1n) is 7.84. The summed E-state index contributed by atoms with van der Waals surface area (Å²) in [5, 5.41) is 0. The minimum atomic E-state index is 0.441. The molecule has 1 aliphatic rings. The second-order valence-electron chi connectivity index (χ2n) is 5.50. The van der Waals surface area contributed by atoms with Crippen LogP contribution in [0.3, 0.4) is 0 Å². The zero-order valence-electron chi connectivity index (χ0n) is 12.8. The number of nitrogens with zero attached hydrogens (tertiary/aromatic N) is 3. The fraction of sp³-hybridized carbons (Fsp3) is 0.800. The SMILES string of the molecule is CCOCCCn1cc(C)nc1N1CCCCC1CN.